The van der Waals surface area contributed by atoms with Gasteiger partial charge in [0, 0.05) is 0 Å². The molecule has 0 aliphatic carbocycles. The first kappa shape index (κ1) is 12.1. The van der Waals surface area contributed by atoms with Crippen LogP contribution >= 0.6 is 0 Å². The first-order chi connectivity index (χ1) is 8.58. The van der Waals surface area contributed by atoms with Crippen LogP contribution in [0.5, 0.6) is 11.5 Å². The van der Waals surface area contributed by atoms with Gasteiger partial charge in [-0.25, -0.2) is 0 Å². The number of ether oxygens (including phenoxy) is 1. The molecule has 0 aliphatic heterocycles. The van der Waals surface area contributed by atoms with E-state index in [0.29, 0.717) is 11.7 Å². The molecule has 0 saturated heterocycles. The van der Waals surface area contributed by atoms with E-state index >= 15 is 0 Å². The number of nitrogens with zero attached hydrogens (tertiary/aromatic N) is 3. The number of nitrogen functional groups attached to an aromatic ring is 2. The van der Waals surface area contributed by atoms with Crippen LogP contribution in [-0.4, -0.2) is 15.4 Å². The normalized spacial score (nSPS) is 10.6. The van der Waals surface area contributed by atoms with Gasteiger partial charge in [-0.3, -0.25) is 0 Å². The second-order valence-corrected chi connectivity index (χ2v) is 4.21. The first-order valence-electron chi connectivity index (χ1n) is 5.60. The molecule has 4 N–H and O–H groups in total. The predicted octanol–water partition coefficient (Wildman–Crippen LogP) is 1.95. The molecule has 6 nitrogen and oxygen atoms in total. The van der Waals surface area contributed by atoms with E-state index in [1.54, 1.807) is 0 Å². The summed E-state index contributed by atoms with van der Waals surface area (Å²) in [4.78, 5) is 0. The molecular formula is C12H15N5O. The van der Waals surface area contributed by atoms with Crippen LogP contribution in [0.4, 0.5) is 11.6 Å². The number of nitrogens with two attached hydrogens (primary N) is 2. The topological polar surface area (TPSA) is 99.9 Å². The molecule has 2 aromatic rings. The van der Waals surface area contributed by atoms with E-state index in [1.807, 2.05) is 24.3 Å². The van der Waals surface area contributed by atoms with Crippen molar-refractivity contribution in [3.05, 3.63) is 29.8 Å². The van der Waals surface area contributed by atoms with E-state index < -0.39 is 0 Å². The van der Waals surface area contributed by atoms with Gasteiger partial charge in [0.15, 0.2) is 11.6 Å². The van der Waals surface area contributed by atoms with Gasteiger partial charge in [0.25, 0.3) is 0 Å². The number of hydrogen-bond acceptors (Lipinski definition) is 6. The molecule has 0 saturated carbocycles. The highest BCUT2D eigenvalue weighted by Crippen LogP contribution is 2.30. The van der Waals surface area contributed by atoms with Crippen LogP contribution in [-0.2, 0) is 0 Å². The van der Waals surface area contributed by atoms with Gasteiger partial charge < -0.3 is 16.2 Å². The van der Waals surface area contributed by atoms with Crippen molar-refractivity contribution >= 4 is 11.6 Å². The summed E-state index contributed by atoms with van der Waals surface area (Å²) in [6, 6.07) is 7.70. The molecule has 6 heteroatoms. The minimum absolute atomic E-state index is 0.121. The van der Waals surface area contributed by atoms with Gasteiger partial charge in [0.05, 0.1) is 0 Å². The van der Waals surface area contributed by atoms with Crippen molar-refractivity contribution in [3.8, 4) is 11.5 Å². The average molecular weight is 245 g/mol. The fourth-order valence-electron chi connectivity index (χ4n) is 1.48. The summed E-state index contributed by atoms with van der Waals surface area (Å²) in [6.45, 7) is 4.26. The zero-order valence-electron chi connectivity index (χ0n) is 10.3. The van der Waals surface area contributed by atoms with Gasteiger partial charge in [0.1, 0.15) is 5.75 Å². The van der Waals surface area contributed by atoms with E-state index in [1.165, 1.54) is 5.56 Å². The standard InChI is InChI=1S/C12H15N5O/c1-7(2)8-3-5-9(6-4-8)18-10-11(13)15-17-16-12(10)14/h3-7H,1-2H3,(H4,13,14,15,16). The lowest BCUT2D eigenvalue weighted by atomic mass is 10.0. The van der Waals surface area contributed by atoms with Crippen LogP contribution in [0.1, 0.15) is 25.3 Å². The fraction of sp³-hybridized carbons (Fsp3) is 0.250. The second kappa shape index (κ2) is 4.87. The van der Waals surface area contributed by atoms with Crippen LogP contribution in [0, 0.1) is 0 Å². The fourth-order valence-corrected chi connectivity index (χ4v) is 1.48. The third-order valence-corrected chi connectivity index (χ3v) is 2.54. The minimum atomic E-state index is 0.121. The molecule has 94 valence electrons. The summed E-state index contributed by atoms with van der Waals surface area (Å²) >= 11 is 0. The van der Waals surface area contributed by atoms with Gasteiger partial charge in [-0.2, -0.15) is 0 Å². The lowest BCUT2D eigenvalue weighted by molar-refractivity contribution is 0.479. The van der Waals surface area contributed by atoms with Crippen molar-refractivity contribution in [2.45, 2.75) is 19.8 Å². The third kappa shape index (κ3) is 2.48. The van der Waals surface area contributed by atoms with Crippen molar-refractivity contribution in [1.82, 2.24) is 15.4 Å². The van der Waals surface area contributed by atoms with Crippen LogP contribution in [0.3, 0.4) is 0 Å². The van der Waals surface area contributed by atoms with Crippen molar-refractivity contribution in [3.63, 3.8) is 0 Å². The van der Waals surface area contributed by atoms with E-state index in [0.717, 1.165) is 0 Å². The van der Waals surface area contributed by atoms with Gasteiger partial charge >= 0.3 is 0 Å². The van der Waals surface area contributed by atoms with E-state index in [4.69, 9.17) is 16.2 Å². The van der Waals surface area contributed by atoms with Gasteiger partial charge in [0.2, 0.25) is 5.75 Å². The SMILES string of the molecule is CC(C)c1ccc(Oc2c(N)nnnc2N)cc1. The van der Waals surface area contributed by atoms with Crippen LogP contribution in [0.15, 0.2) is 24.3 Å². The van der Waals surface area contributed by atoms with Gasteiger partial charge in [-0.1, -0.05) is 26.0 Å². The number of aromatic nitrogens is 3. The second-order valence-electron chi connectivity index (χ2n) is 4.21. The Morgan fingerprint density at radius 3 is 2.06 bits per heavy atom. The minimum Gasteiger partial charge on any atom is -0.449 e. The van der Waals surface area contributed by atoms with Crippen molar-refractivity contribution < 1.29 is 4.74 Å². The largest absolute Gasteiger partial charge is 0.449 e. The molecule has 0 atom stereocenters. The third-order valence-electron chi connectivity index (χ3n) is 2.54. The summed E-state index contributed by atoms with van der Waals surface area (Å²) in [6.07, 6.45) is 0. The van der Waals surface area contributed by atoms with Crippen LogP contribution in [0.25, 0.3) is 0 Å². The van der Waals surface area contributed by atoms with Crippen LogP contribution < -0.4 is 16.2 Å². The molecule has 0 radical (unpaired) electrons. The molecule has 1 aromatic heterocycles. The molecule has 1 heterocycles. The lowest BCUT2D eigenvalue weighted by Gasteiger charge is -2.10. The monoisotopic (exact) mass is 245 g/mol. The summed E-state index contributed by atoms with van der Waals surface area (Å²) in [5.41, 5.74) is 12.5. The molecule has 1 aromatic carbocycles. The average Bonchev–Trinajstić information content (AvgIpc) is 2.34. The van der Waals surface area contributed by atoms with Crippen molar-refractivity contribution in [1.29, 1.82) is 0 Å². The Labute approximate surface area is 105 Å². The Hall–Kier alpha value is -2.37. The molecule has 0 aliphatic rings. The predicted molar refractivity (Wildman–Crippen MR) is 69.3 cm³/mol. The number of rotatable bonds is 3. The summed E-state index contributed by atoms with van der Waals surface area (Å²) in [7, 11) is 0. The number of anilines is 2. The maximum Gasteiger partial charge on any atom is 0.215 e. The Morgan fingerprint density at radius 2 is 1.56 bits per heavy atom. The smallest absolute Gasteiger partial charge is 0.215 e. The summed E-state index contributed by atoms with van der Waals surface area (Å²) < 4.78 is 5.56. The molecule has 0 fully saturated rings. The summed E-state index contributed by atoms with van der Waals surface area (Å²) in [5.74, 6) is 1.58. The van der Waals surface area contributed by atoms with E-state index in [-0.39, 0.29) is 17.4 Å². The van der Waals surface area contributed by atoms with Gasteiger partial charge in [-0.05, 0) is 28.8 Å². The first-order valence-corrected chi connectivity index (χ1v) is 5.60. The molecule has 2 rings (SSSR count). The number of hydrogen-bond donors (Lipinski definition) is 2. The van der Waals surface area contributed by atoms with Crippen LogP contribution in [0.2, 0.25) is 0 Å². The van der Waals surface area contributed by atoms with E-state index in [9.17, 15) is 0 Å². The maximum absolute atomic E-state index is 5.63. The van der Waals surface area contributed by atoms with Gasteiger partial charge in [-0.15, -0.1) is 10.2 Å². The Morgan fingerprint density at radius 1 is 1.00 bits per heavy atom. The van der Waals surface area contributed by atoms with E-state index in [2.05, 4.69) is 29.3 Å². The molecule has 0 unspecified atom stereocenters. The molecular weight excluding hydrogens is 230 g/mol. The zero-order chi connectivity index (χ0) is 13.1. The molecule has 0 bridgehead atoms. The summed E-state index contributed by atoms with van der Waals surface area (Å²) in [5, 5.41) is 10.6. The Kier molecular flexibility index (Phi) is 3.27. The molecule has 0 spiro atoms. The number of benzene rings is 1. The molecule has 18 heavy (non-hydrogen) atoms. The quantitative estimate of drug-likeness (QED) is 0.857. The highest BCUT2D eigenvalue weighted by atomic mass is 16.5. The Balaban J connectivity index is 2.24. The molecule has 0 amide bonds. The van der Waals surface area contributed by atoms with Crippen molar-refractivity contribution in [2.24, 2.45) is 0 Å². The highest BCUT2D eigenvalue weighted by Gasteiger charge is 2.10. The maximum atomic E-state index is 5.63. The lowest BCUT2D eigenvalue weighted by Crippen LogP contribution is -2.04. The Bertz CT molecular complexity index is 518. The zero-order valence-corrected chi connectivity index (χ0v) is 10.3. The highest BCUT2D eigenvalue weighted by molar-refractivity contribution is 5.59. The van der Waals surface area contributed by atoms with Crippen molar-refractivity contribution in [2.75, 3.05) is 11.5 Å².